The number of hydrogen-bond donors (Lipinski definition) is 4. The number of amides is 1. The number of aromatic amines is 1. The zero-order chi connectivity index (χ0) is 27.2. The van der Waals surface area contributed by atoms with E-state index in [4.69, 9.17) is 30.3 Å². The van der Waals surface area contributed by atoms with Crippen LogP contribution in [0.25, 0.3) is 10.9 Å². The molecule has 5 N–H and O–H groups in total. The van der Waals surface area contributed by atoms with E-state index in [0.717, 1.165) is 57.1 Å². The van der Waals surface area contributed by atoms with Gasteiger partial charge in [0, 0.05) is 61.4 Å². The fraction of sp³-hybridized carbons (Fsp3) is 0.370. The summed E-state index contributed by atoms with van der Waals surface area (Å²) in [5, 5.41) is 16.0. The Balaban J connectivity index is 0.000000505. The zero-order valence-corrected chi connectivity index (χ0v) is 21.3. The number of carboxylic acids is 2. The van der Waals surface area contributed by atoms with Crippen LogP contribution in [0.4, 0.5) is 11.4 Å². The van der Waals surface area contributed by atoms with Gasteiger partial charge in [0.05, 0.1) is 19.3 Å². The minimum absolute atomic E-state index is 0.230. The summed E-state index contributed by atoms with van der Waals surface area (Å²) in [4.78, 5) is 40.2. The average Bonchev–Trinajstić information content (AvgIpc) is 3.52. The number of aliphatic carboxylic acids is 2. The van der Waals surface area contributed by atoms with Crippen molar-refractivity contribution in [1.29, 1.82) is 0 Å². The van der Waals surface area contributed by atoms with E-state index in [-0.39, 0.29) is 12.5 Å². The van der Waals surface area contributed by atoms with Gasteiger partial charge < -0.3 is 35.5 Å². The molecule has 2 aromatic carbocycles. The van der Waals surface area contributed by atoms with Crippen LogP contribution in [-0.2, 0) is 14.4 Å². The number of nitrogens with zero attached hydrogens (tertiary/aromatic N) is 3. The highest BCUT2D eigenvalue weighted by Crippen LogP contribution is 2.44. The number of nitrogens with two attached hydrogens (primary N) is 1. The number of primary amides is 1. The predicted molar refractivity (Wildman–Crippen MR) is 144 cm³/mol. The van der Waals surface area contributed by atoms with Crippen LogP contribution in [0.3, 0.4) is 0 Å². The molecule has 5 rings (SSSR count). The summed E-state index contributed by atoms with van der Waals surface area (Å²) in [6, 6.07) is 14.9. The van der Waals surface area contributed by atoms with Gasteiger partial charge >= 0.3 is 11.9 Å². The third-order valence-corrected chi connectivity index (χ3v) is 7.04. The first-order valence-corrected chi connectivity index (χ1v) is 12.5. The molecule has 1 aromatic heterocycles. The van der Waals surface area contributed by atoms with Crippen molar-refractivity contribution >= 4 is 40.1 Å². The molecule has 1 amide bonds. The van der Waals surface area contributed by atoms with Crippen LogP contribution in [0.2, 0.25) is 0 Å². The molecule has 3 heterocycles. The Bertz CT molecular complexity index is 1290. The molecule has 0 bridgehead atoms. The molecular formula is C27H33N5O6. The van der Waals surface area contributed by atoms with Crippen molar-refractivity contribution in [3.05, 3.63) is 54.2 Å². The van der Waals surface area contributed by atoms with Crippen LogP contribution in [0.15, 0.2) is 48.7 Å². The Morgan fingerprint density at radius 1 is 1.05 bits per heavy atom. The van der Waals surface area contributed by atoms with Gasteiger partial charge in [-0.1, -0.05) is 12.1 Å². The largest absolute Gasteiger partial charge is 0.495 e. The second-order valence-corrected chi connectivity index (χ2v) is 9.42. The van der Waals surface area contributed by atoms with Crippen molar-refractivity contribution in [1.82, 2.24) is 9.88 Å². The van der Waals surface area contributed by atoms with Crippen LogP contribution >= 0.6 is 0 Å². The van der Waals surface area contributed by atoms with Gasteiger partial charge in [0.2, 0.25) is 5.91 Å². The molecule has 0 radical (unpaired) electrons. The number of fused-ring (bicyclic) bond motifs is 2. The lowest BCUT2D eigenvalue weighted by atomic mass is 9.97. The molecule has 2 aliphatic heterocycles. The first-order valence-electron chi connectivity index (χ1n) is 12.5. The first kappa shape index (κ1) is 26.8. The molecule has 1 atom stereocenters. The normalized spacial score (nSPS) is 17.0. The lowest BCUT2D eigenvalue weighted by Gasteiger charge is -2.36. The van der Waals surface area contributed by atoms with E-state index in [0.29, 0.717) is 5.92 Å². The van der Waals surface area contributed by atoms with E-state index in [1.54, 1.807) is 7.11 Å². The van der Waals surface area contributed by atoms with Crippen LogP contribution in [0.1, 0.15) is 17.9 Å². The molecule has 1 fully saturated rings. The Morgan fingerprint density at radius 3 is 2.45 bits per heavy atom. The van der Waals surface area contributed by atoms with Gasteiger partial charge in [0.25, 0.3) is 0 Å². The highest BCUT2D eigenvalue weighted by atomic mass is 16.5. The molecular weight excluding hydrogens is 490 g/mol. The highest BCUT2D eigenvalue weighted by molar-refractivity contribution is 6.27. The van der Waals surface area contributed by atoms with Crippen molar-refractivity contribution in [3.8, 4) is 5.75 Å². The Kier molecular flexibility index (Phi) is 8.37. The number of hydrogen-bond acceptors (Lipinski definition) is 7. The van der Waals surface area contributed by atoms with Crippen LogP contribution in [0, 0.1) is 0 Å². The van der Waals surface area contributed by atoms with Crippen LogP contribution in [0.5, 0.6) is 5.75 Å². The van der Waals surface area contributed by atoms with Gasteiger partial charge in [-0.15, -0.1) is 0 Å². The summed E-state index contributed by atoms with van der Waals surface area (Å²) in [6.07, 6.45) is 3.05. The fourth-order valence-corrected chi connectivity index (χ4v) is 5.21. The second kappa shape index (κ2) is 11.9. The zero-order valence-electron chi connectivity index (χ0n) is 21.3. The summed E-state index contributed by atoms with van der Waals surface area (Å²) in [7, 11) is 1.68. The number of nitrogens with one attached hydrogen (secondary N) is 1. The number of piperazine rings is 1. The lowest BCUT2D eigenvalue weighted by Crippen LogP contribution is -2.46. The van der Waals surface area contributed by atoms with E-state index in [1.807, 2.05) is 18.3 Å². The topological polar surface area (TPSA) is 152 Å². The first-order chi connectivity index (χ1) is 18.3. The summed E-state index contributed by atoms with van der Waals surface area (Å²) in [5.41, 5.74) is 10.3. The number of carboxylic acid groups (broad SMARTS) is 2. The van der Waals surface area contributed by atoms with Gasteiger partial charge in [0.15, 0.2) is 0 Å². The molecule has 202 valence electrons. The SMILES string of the molecule is COc1cccc2c1N(CC(N)=O)CC2CCN1CCN(c2ccc3[nH]ccc3c2)CC1.O=C(O)C(=O)O. The molecule has 11 nitrogen and oxygen atoms in total. The number of benzene rings is 2. The van der Waals surface area contributed by atoms with Gasteiger partial charge in [-0.25, -0.2) is 9.59 Å². The molecule has 38 heavy (non-hydrogen) atoms. The molecule has 1 unspecified atom stereocenters. The van der Waals surface area contributed by atoms with E-state index < -0.39 is 11.9 Å². The molecule has 0 spiro atoms. The fourth-order valence-electron chi connectivity index (χ4n) is 5.21. The summed E-state index contributed by atoms with van der Waals surface area (Å²) < 4.78 is 5.58. The maximum absolute atomic E-state index is 11.6. The Labute approximate surface area is 220 Å². The smallest absolute Gasteiger partial charge is 0.414 e. The van der Waals surface area contributed by atoms with Gasteiger partial charge in [-0.05, 0) is 48.9 Å². The minimum atomic E-state index is -1.82. The number of ether oxygens (including phenoxy) is 1. The molecule has 11 heteroatoms. The average molecular weight is 524 g/mol. The quantitative estimate of drug-likeness (QED) is 0.340. The van der Waals surface area contributed by atoms with E-state index >= 15 is 0 Å². The van der Waals surface area contributed by atoms with Crippen molar-refractivity contribution in [3.63, 3.8) is 0 Å². The molecule has 0 aliphatic carbocycles. The molecule has 1 saturated heterocycles. The van der Waals surface area contributed by atoms with Crippen molar-refractivity contribution in [2.75, 3.05) is 62.7 Å². The maximum Gasteiger partial charge on any atom is 0.414 e. The molecule has 0 saturated carbocycles. The summed E-state index contributed by atoms with van der Waals surface area (Å²) >= 11 is 0. The number of para-hydroxylation sites is 1. The van der Waals surface area contributed by atoms with Crippen molar-refractivity contribution in [2.24, 2.45) is 5.73 Å². The number of H-pyrrole nitrogens is 1. The number of carbonyl (C=O) groups excluding carboxylic acids is 1. The third-order valence-electron chi connectivity index (χ3n) is 7.04. The maximum atomic E-state index is 11.6. The van der Waals surface area contributed by atoms with E-state index in [9.17, 15) is 4.79 Å². The van der Waals surface area contributed by atoms with Crippen LogP contribution < -0.4 is 20.3 Å². The standard InChI is InChI=1S/C25H31N5O2.C2H2O4/c1-32-23-4-2-3-21-19(16-30(25(21)23)17-24(26)31)8-10-28-11-13-29(14-12-28)20-5-6-22-18(15-20)7-9-27-22;3-1(4)2(5)6/h2-7,9,15,19,27H,8,10-14,16-17H2,1H3,(H2,26,31);(H,3,4)(H,5,6). The number of aromatic nitrogens is 1. The lowest BCUT2D eigenvalue weighted by molar-refractivity contribution is -0.159. The van der Waals surface area contributed by atoms with Crippen LogP contribution in [-0.4, -0.2) is 90.9 Å². The molecule has 2 aliphatic rings. The second-order valence-electron chi connectivity index (χ2n) is 9.42. The Morgan fingerprint density at radius 2 is 1.79 bits per heavy atom. The number of methoxy groups -OCH3 is 1. The van der Waals surface area contributed by atoms with Gasteiger partial charge in [0.1, 0.15) is 5.75 Å². The predicted octanol–water partition coefficient (Wildman–Crippen LogP) is 1.93. The number of anilines is 2. The monoisotopic (exact) mass is 523 g/mol. The van der Waals surface area contributed by atoms with Gasteiger partial charge in [-0.3, -0.25) is 9.69 Å². The van der Waals surface area contributed by atoms with E-state index in [1.165, 1.54) is 22.2 Å². The van der Waals surface area contributed by atoms with E-state index in [2.05, 4.69) is 50.0 Å². The van der Waals surface area contributed by atoms with Gasteiger partial charge in [-0.2, -0.15) is 0 Å². The Hall–Kier alpha value is -4.25. The molecule has 3 aromatic rings. The number of rotatable bonds is 7. The summed E-state index contributed by atoms with van der Waals surface area (Å²) in [5.74, 6) is -2.76. The van der Waals surface area contributed by atoms with Crippen molar-refractivity contribution in [2.45, 2.75) is 12.3 Å². The highest BCUT2D eigenvalue weighted by Gasteiger charge is 2.32. The summed E-state index contributed by atoms with van der Waals surface area (Å²) in [6.45, 7) is 6.30. The van der Waals surface area contributed by atoms with Crippen molar-refractivity contribution < 1.29 is 29.3 Å². The third kappa shape index (κ3) is 6.17. The number of carbonyl (C=O) groups is 3. The minimum Gasteiger partial charge on any atom is -0.495 e.